The molecule has 168 valence electrons. The van der Waals surface area contributed by atoms with Crippen molar-refractivity contribution in [3.8, 4) is 0 Å². The highest BCUT2D eigenvalue weighted by Crippen LogP contribution is 2.24. The van der Waals surface area contributed by atoms with Gasteiger partial charge in [0.2, 0.25) is 0 Å². The molecule has 1 fully saturated rings. The molecule has 0 bridgehead atoms. The maximum Gasteiger partial charge on any atom is 0.410 e. The number of amides is 3. The predicted molar refractivity (Wildman–Crippen MR) is 112 cm³/mol. The number of anilines is 2. The maximum absolute atomic E-state index is 12.1. The van der Waals surface area contributed by atoms with E-state index < -0.39 is 17.4 Å². The van der Waals surface area contributed by atoms with E-state index in [0.29, 0.717) is 24.4 Å². The number of fused-ring (bicyclic) bond motifs is 1. The average Bonchev–Trinajstić information content (AvgIpc) is 3.30. The van der Waals surface area contributed by atoms with Crippen LogP contribution in [0, 0.1) is 0 Å². The second-order valence-corrected chi connectivity index (χ2v) is 8.22. The van der Waals surface area contributed by atoms with Crippen LogP contribution in [0.3, 0.4) is 0 Å². The summed E-state index contributed by atoms with van der Waals surface area (Å²) in [5, 5.41) is 10.8. The van der Waals surface area contributed by atoms with Gasteiger partial charge in [0.1, 0.15) is 5.60 Å². The van der Waals surface area contributed by atoms with Gasteiger partial charge in [0.25, 0.3) is 5.95 Å². The van der Waals surface area contributed by atoms with Crippen molar-refractivity contribution in [2.75, 3.05) is 23.8 Å². The van der Waals surface area contributed by atoms with Gasteiger partial charge in [0.05, 0.1) is 17.9 Å². The van der Waals surface area contributed by atoms with Crippen LogP contribution in [0.15, 0.2) is 36.8 Å². The van der Waals surface area contributed by atoms with Crippen LogP contribution in [0.25, 0.3) is 5.65 Å². The summed E-state index contributed by atoms with van der Waals surface area (Å²) in [5.41, 5.74) is 5.13. The first kappa shape index (κ1) is 21.1. The first-order valence-electron chi connectivity index (χ1n) is 9.89. The number of hydrogen-bond acceptors (Lipinski definition) is 8. The van der Waals surface area contributed by atoms with Crippen LogP contribution < -0.4 is 16.2 Å². The molecule has 0 saturated carbocycles. The smallest absolute Gasteiger partial charge is 0.410 e. The van der Waals surface area contributed by atoms with Gasteiger partial charge in [0.15, 0.2) is 5.65 Å². The molecular formula is C19H23N9O4. The number of hydrazine groups is 1. The monoisotopic (exact) mass is 441 g/mol. The number of ether oxygens (including phenoxy) is 1. The van der Waals surface area contributed by atoms with Gasteiger partial charge in [-0.1, -0.05) is 6.07 Å². The Balaban J connectivity index is 1.24. The van der Waals surface area contributed by atoms with E-state index in [1.807, 2.05) is 20.8 Å². The average molecular weight is 441 g/mol. The lowest BCUT2D eigenvalue weighted by molar-refractivity contribution is -0.135. The molecule has 13 heteroatoms. The van der Waals surface area contributed by atoms with Gasteiger partial charge < -0.3 is 15.0 Å². The van der Waals surface area contributed by atoms with Gasteiger partial charge in [-0.25, -0.2) is 9.31 Å². The number of likely N-dealkylation sites (tertiary alicyclic amines) is 1. The summed E-state index contributed by atoms with van der Waals surface area (Å²) in [6, 6.07) is 5.30. The molecule has 4 rings (SSSR count). The zero-order valence-electron chi connectivity index (χ0n) is 17.8. The molecule has 0 atom stereocenters. The number of hydrogen-bond donors (Lipinski definition) is 3. The normalized spacial score (nSPS) is 14.0. The molecule has 3 aromatic heterocycles. The number of aromatic nitrogens is 5. The van der Waals surface area contributed by atoms with Crippen molar-refractivity contribution >= 4 is 35.2 Å². The van der Waals surface area contributed by atoms with E-state index in [-0.39, 0.29) is 18.1 Å². The third-order valence-electron chi connectivity index (χ3n) is 4.48. The molecule has 0 unspecified atom stereocenters. The highest BCUT2D eigenvalue weighted by atomic mass is 16.6. The van der Waals surface area contributed by atoms with E-state index in [1.165, 1.54) is 10.7 Å². The number of nitrogens with zero attached hydrogens (tertiary/aromatic N) is 6. The lowest BCUT2D eigenvalue weighted by Crippen LogP contribution is -2.52. The van der Waals surface area contributed by atoms with Crippen LogP contribution in [-0.4, -0.2) is 65.9 Å². The molecule has 0 aliphatic carbocycles. The summed E-state index contributed by atoms with van der Waals surface area (Å²) in [6.45, 7) is 6.32. The van der Waals surface area contributed by atoms with Crippen molar-refractivity contribution in [3.05, 3.63) is 36.8 Å². The molecule has 3 aromatic rings. The number of rotatable bonds is 4. The quantitative estimate of drug-likeness (QED) is 0.398. The molecule has 0 aromatic carbocycles. The van der Waals surface area contributed by atoms with E-state index in [4.69, 9.17) is 4.74 Å². The molecule has 13 nitrogen and oxygen atoms in total. The van der Waals surface area contributed by atoms with E-state index in [2.05, 4.69) is 31.3 Å². The molecule has 0 spiro atoms. The second-order valence-electron chi connectivity index (χ2n) is 8.22. The van der Waals surface area contributed by atoms with Crippen LogP contribution >= 0.6 is 0 Å². The summed E-state index contributed by atoms with van der Waals surface area (Å²) in [6.07, 6.45) is 4.35. The fourth-order valence-electron chi connectivity index (χ4n) is 2.94. The SMILES string of the molecule is CC(C)(C)OC(=O)N1CC(n2cc(NC(=O)C(=O)NNc3nc4ccccn4n3)cn2)C1. The number of carbonyl (C=O) groups is 3. The van der Waals surface area contributed by atoms with E-state index in [0.717, 1.165) is 0 Å². The third-order valence-corrected chi connectivity index (χ3v) is 4.48. The molecule has 4 heterocycles. The lowest BCUT2D eigenvalue weighted by atomic mass is 10.1. The summed E-state index contributed by atoms with van der Waals surface area (Å²) in [7, 11) is 0. The second kappa shape index (κ2) is 8.17. The lowest BCUT2D eigenvalue weighted by Gasteiger charge is -2.39. The summed E-state index contributed by atoms with van der Waals surface area (Å²) in [4.78, 5) is 41.9. The van der Waals surface area contributed by atoms with Crippen molar-refractivity contribution in [1.82, 2.24) is 34.7 Å². The van der Waals surface area contributed by atoms with Crippen LogP contribution in [0.4, 0.5) is 16.4 Å². The minimum absolute atomic E-state index is 0.0372. The zero-order chi connectivity index (χ0) is 22.9. The van der Waals surface area contributed by atoms with Crippen molar-refractivity contribution in [1.29, 1.82) is 0 Å². The van der Waals surface area contributed by atoms with Crippen molar-refractivity contribution in [3.63, 3.8) is 0 Å². The molecule has 1 saturated heterocycles. The van der Waals surface area contributed by atoms with Gasteiger partial charge in [-0.15, -0.1) is 5.10 Å². The standard InChI is InChI=1S/C19H23N9O4/c1-19(2,3)32-18(31)26-10-13(11-26)28-9-12(8-20-28)21-15(29)16(30)23-24-17-22-14-6-4-5-7-27(14)25-17/h4-9,13H,10-11H2,1-3H3,(H,21,29)(H,23,30)(H,24,25). The van der Waals surface area contributed by atoms with Crippen molar-refractivity contribution in [2.24, 2.45) is 0 Å². The maximum atomic E-state index is 12.1. The Morgan fingerprint density at radius 1 is 1.16 bits per heavy atom. The Kier molecular flexibility index (Phi) is 5.38. The van der Waals surface area contributed by atoms with Crippen LogP contribution in [-0.2, 0) is 14.3 Å². The molecule has 32 heavy (non-hydrogen) atoms. The first-order chi connectivity index (χ1) is 15.2. The minimum atomic E-state index is -0.920. The Morgan fingerprint density at radius 2 is 1.94 bits per heavy atom. The van der Waals surface area contributed by atoms with Crippen LogP contribution in [0.2, 0.25) is 0 Å². The minimum Gasteiger partial charge on any atom is -0.444 e. The zero-order valence-corrected chi connectivity index (χ0v) is 17.8. The molecule has 0 radical (unpaired) electrons. The first-order valence-corrected chi connectivity index (χ1v) is 9.89. The molecule has 1 aliphatic heterocycles. The predicted octanol–water partition coefficient (Wildman–Crippen LogP) is 0.799. The van der Waals surface area contributed by atoms with Gasteiger partial charge in [-0.3, -0.25) is 25.1 Å². The van der Waals surface area contributed by atoms with Crippen LogP contribution in [0.5, 0.6) is 0 Å². The van der Waals surface area contributed by atoms with E-state index >= 15 is 0 Å². The molecular weight excluding hydrogens is 418 g/mol. The Bertz CT molecular complexity index is 1120. The van der Waals surface area contributed by atoms with Gasteiger partial charge in [-0.2, -0.15) is 10.1 Å². The fraction of sp³-hybridized carbons (Fsp3) is 0.368. The highest BCUT2D eigenvalue weighted by Gasteiger charge is 2.35. The van der Waals surface area contributed by atoms with Crippen LogP contribution in [0.1, 0.15) is 26.8 Å². The highest BCUT2D eigenvalue weighted by molar-refractivity contribution is 6.39. The molecule has 3 N–H and O–H groups in total. The fourth-order valence-corrected chi connectivity index (χ4v) is 2.94. The number of carbonyl (C=O) groups excluding carboxylic acids is 3. The largest absolute Gasteiger partial charge is 0.444 e. The van der Waals surface area contributed by atoms with Gasteiger partial charge in [0, 0.05) is 25.5 Å². The Morgan fingerprint density at radius 3 is 2.66 bits per heavy atom. The molecule has 3 amide bonds. The third kappa shape index (κ3) is 4.77. The van der Waals surface area contributed by atoms with Gasteiger partial charge >= 0.3 is 17.9 Å². The number of pyridine rings is 1. The van der Waals surface area contributed by atoms with Gasteiger partial charge in [-0.05, 0) is 32.9 Å². The van der Waals surface area contributed by atoms with E-state index in [1.54, 1.807) is 40.2 Å². The van der Waals surface area contributed by atoms with E-state index in [9.17, 15) is 14.4 Å². The summed E-state index contributed by atoms with van der Waals surface area (Å²) in [5.74, 6) is -1.66. The summed E-state index contributed by atoms with van der Waals surface area (Å²) < 4.78 is 8.48. The Hall–Kier alpha value is -4.16. The Labute approximate surface area is 182 Å². The molecule has 1 aliphatic rings. The van der Waals surface area contributed by atoms with Crippen molar-refractivity contribution < 1.29 is 19.1 Å². The van der Waals surface area contributed by atoms with Crippen molar-refractivity contribution in [2.45, 2.75) is 32.4 Å². The summed E-state index contributed by atoms with van der Waals surface area (Å²) >= 11 is 0. The number of nitrogens with one attached hydrogen (secondary N) is 3. The topological polar surface area (TPSA) is 148 Å².